The van der Waals surface area contributed by atoms with Crippen LogP contribution in [0.5, 0.6) is 0 Å². The maximum atomic E-state index is 12.5. The van der Waals surface area contributed by atoms with E-state index in [1.807, 2.05) is 18.3 Å². The van der Waals surface area contributed by atoms with Gasteiger partial charge in [0.15, 0.2) is 0 Å². The molecule has 0 unspecified atom stereocenters. The minimum absolute atomic E-state index is 0.0736. The Morgan fingerprint density at radius 2 is 1.93 bits per heavy atom. The summed E-state index contributed by atoms with van der Waals surface area (Å²) in [6.45, 7) is 4.21. The molecule has 1 saturated carbocycles. The first-order valence-electron chi connectivity index (χ1n) is 10.3. The van der Waals surface area contributed by atoms with Crippen LogP contribution in [-0.4, -0.2) is 25.8 Å². The molecule has 6 heteroatoms. The maximum Gasteiger partial charge on any atom is 0.267 e. The van der Waals surface area contributed by atoms with Gasteiger partial charge in [-0.1, -0.05) is 13.8 Å². The molecule has 0 radical (unpaired) electrons. The van der Waals surface area contributed by atoms with E-state index in [0.717, 1.165) is 55.9 Å². The fraction of sp³-hybridized carbons (Fsp3) is 0.619. The Balaban J connectivity index is 1.41. The molecule has 27 heavy (non-hydrogen) atoms. The Hall–Kier alpha value is -2.24. The van der Waals surface area contributed by atoms with E-state index >= 15 is 0 Å². The van der Waals surface area contributed by atoms with Crippen LogP contribution in [0.4, 0.5) is 5.82 Å². The van der Waals surface area contributed by atoms with Gasteiger partial charge in [0.1, 0.15) is 11.6 Å². The van der Waals surface area contributed by atoms with Crippen molar-refractivity contribution in [1.29, 1.82) is 0 Å². The zero-order chi connectivity index (χ0) is 18.8. The second-order valence-electron chi connectivity index (χ2n) is 8.21. The van der Waals surface area contributed by atoms with Crippen molar-refractivity contribution in [1.82, 2.24) is 19.7 Å². The van der Waals surface area contributed by atoms with Crippen LogP contribution in [-0.2, 0) is 12.8 Å². The molecule has 2 aliphatic carbocycles. The van der Waals surface area contributed by atoms with Crippen LogP contribution >= 0.6 is 0 Å². The molecule has 4 rings (SSSR count). The molecule has 0 bridgehead atoms. The first-order valence-corrected chi connectivity index (χ1v) is 10.3. The van der Waals surface area contributed by atoms with Gasteiger partial charge in [0.2, 0.25) is 0 Å². The largest absolute Gasteiger partial charge is 0.367 e. The van der Waals surface area contributed by atoms with E-state index in [2.05, 4.69) is 29.1 Å². The quantitative estimate of drug-likeness (QED) is 0.893. The lowest BCUT2D eigenvalue weighted by molar-refractivity contribution is 0.300. The summed E-state index contributed by atoms with van der Waals surface area (Å²) in [7, 11) is 0. The average Bonchev–Trinajstić information content (AvgIpc) is 2.68. The number of nitrogens with one attached hydrogen (secondary N) is 1. The molecule has 0 aromatic carbocycles. The van der Waals surface area contributed by atoms with Gasteiger partial charge < -0.3 is 5.32 Å². The first kappa shape index (κ1) is 18.1. The van der Waals surface area contributed by atoms with Crippen molar-refractivity contribution in [2.75, 3.05) is 5.32 Å². The van der Waals surface area contributed by atoms with Crippen molar-refractivity contribution in [3.8, 4) is 0 Å². The van der Waals surface area contributed by atoms with Crippen LogP contribution in [0.1, 0.15) is 81.4 Å². The van der Waals surface area contributed by atoms with Gasteiger partial charge in [-0.3, -0.25) is 4.79 Å². The summed E-state index contributed by atoms with van der Waals surface area (Å²) in [5.41, 5.74) is 2.38. The zero-order valence-corrected chi connectivity index (χ0v) is 16.3. The van der Waals surface area contributed by atoms with E-state index in [0.29, 0.717) is 12.0 Å². The van der Waals surface area contributed by atoms with Crippen LogP contribution in [0, 0.1) is 0 Å². The topological polar surface area (TPSA) is 72.7 Å². The highest BCUT2D eigenvalue weighted by atomic mass is 16.1. The Bertz CT molecular complexity index is 852. The summed E-state index contributed by atoms with van der Waals surface area (Å²) >= 11 is 0. The number of fused-ring (bicyclic) bond motifs is 1. The van der Waals surface area contributed by atoms with Crippen LogP contribution in [0.3, 0.4) is 0 Å². The van der Waals surface area contributed by atoms with Gasteiger partial charge in [-0.15, -0.1) is 0 Å². The second kappa shape index (κ2) is 7.79. The SMILES string of the molecule is CC(C)c1nccc(NC2CCC(n3nc4c(cc3=O)CCCC4)CC2)n1. The molecule has 0 aliphatic heterocycles. The molecule has 0 amide bonds. The van der Waals surface area contributed by atoms with Crippen molar-refractivity contribution >= 4 is 5.82 Å². The summed E-state index contributed by atoms with van der Waals surface area (Å²) in [4.78, 5) is 21.5. The van der Waals surface area contributed by atoms with Crippen molar-refractivity contribution in [2.24, 2.45) is 0 Å². The van der Waals surface area contributed by atoms with Crippen LogP contribution < -0.4 is 10.9 Å². The molecular formula is C21H29N5O. The predicted octanol–water partition coefficient (Wildman–Crippen LogP) is 3.63. The van der Waals surface area contributed by atoms with E-state index < -0.39 is 0 Å². The van der Waals surface area contributed by atoms with Gasteiger partial charge in [-0.05, 0) is 63.0 Å². The van der Waals surface area contributed by atoms with Crippen molar-refractivity contribution in [2.45, 2.75) is 83.2 Å². The summed E-state index contributed by atoms with van der Waals surface area (Å²) in [5.74, 6) is 2.10. The Labute approximate surface area is 160 Å². The van der Waals surface area contributed by atoms with E-state index in [1.165, 1.54) is 18.4 Å². The summed E-state index contributed by atoms with van der Waals surface area (Å²) in [5, 5.41) is 8.29. The van der Waals surface area contributed by atoms with Gasteiger partial charge >= 0.3 is 0 Å². The second-order valence-corrected chi connectivity index (χ2v) is 8.21. The standard InChI is InChI=1S/C21H29N5O/c1-14(2)21-22-12-11-19(24-21)23-16-7-9-17(10-8-16)26-20(27)13-15-5-3-4-6-18(15)25-26/h11-14,16-17H,3-10H2,1-2H3,(H,22,23,24). The number of hydrogen-bond donors (Lipinski definition) is 1. The highest BCUT2D eigenvalue weighted by molar-refractivity contribution is 5.34. The highest BCUT2D eigenvalue weighted by Gasteiger charge is 2.25. The third-order valence-corrected chi connectivity index (χ3v) is 5.82. The molecule has 1 N–H and O–H groups in total. The van der Waals surface area contributed by atoms with Crippen molar-refractivity contribution in [3.63, 3.8) is 0 Å². The van der Waals surface area contributed by atoms with Crippen LogP contribution in [0.15, 0.2) is 23.1 Å². The number of nitrogens with zero attached hydrogens (tertiary/aromatic N) is 4. The van der Waals surface area contributed by atoms with E-state index in [1.54, 1.807) is 4.68 Å². The molecule has 0 spiro atoms. The van der Waals surface area contributed by atoms with Crippen LogP contribution in [0.25, 0.3) is 0 Å². The Kier molecular flexibility index (Phi) is 5.23. The average molecular weight is 367 g/mol. The number of aromatic nitrogens is 4. The monoisotopic (exact) mass is 367 g/mol. The van der Waals surface area contributed by atoms with Gasteiger partial charge in [0, 0.05) is 24.2 Å². The fourth-order valence-corrected chi connectivity index (χ4v) is 4.24. The highest BCUT2D eigenvalue weighted by Crippen LogP contribution is 2.29. The number of anilines is 1. The molecule has 1 fully saturated rings. The molecule has 0 saturated heterocycles. The lowest BCUT2D eigenvalue weighted by Crippen LogP contribution is -2.34. The lowest BCUT2D eigenvalue weighted by Gasteiger charge is -2.30. The van der Waals surface area contributed by atoms with Gasteiger partial charge in [-0.2, -0.15) is 5.10 Å². The molecule has 144 valence electrons. The third kappa shape index (κ3) is 4.04. The normalized spacial score (nSPS) is 22.5. The number of aryl methyl sites for hydroxylation is 2. The molecule has 2 aliphatic rings. The first-order chi connectivity index (χ1) is 13.1. The molecule has 2 heterocycles. The van der Waals surface area contributed by atoms with E-state index in [9.17, 15) is 4.79 Å². The summed E-state index contributed by atoms with van der Waals surface area (Å²) in [6, 6.07) is 4.39. The fourth-order valence-electron chi connectivity index (χ4n) is 4.24. The zero-order valence-electron chi connectivity index (χ0n) is 16.3. The van der Waals surface area contributed by atoms with Gasteiger partial charge in [0.05, 0.1) is 11.7 Å². The molecular weight excluding hydrogens is 338 g/mol. The van der Waals surface area contributed by atoms with Gasteiger partial charge in [0.25, 0.3) is 5.56 Å². The minimum atomic E-state index is 0.0736. The van der Waals surface area contributed by atoms with Crippen molar-refractivity contribution in [3.05, 3.63) is 45.8 Å². The molecule has 2 aromatic heterocycles. The van der Waals surface area contributed by atoms with Gasteiger partial charge in [-0.25, -0.2) is 14.6 Å². The predicted molar refractivity (Wildman–Crippen MR) is 106 cm³/mol. The molecule has 0 atom stereocenters. The Morgan fingerprint density at radius 1 is 1.15 bits per heavy atom. The summed E-state index contributed by atoms with van der Waals surface area (Å²) < 4.78 is 1.77. The third-order valence-electron chi connectivity index (χ3n) is 5.82. The Morgan fingerprint density at radius 3 is 2.70 bits per heavy atom. The maximum absolute atomic E-state index is 12.5. The molecule has 2 aromatic rings. The number of rotatable bonds is 4. The van der Waals surface area contributed by atoms with E-state index in [-0.39, 0.29) is 11.6 Å². The van der Waals surface area contributed by atoms with Crippen molar-refractivity contribution < 1.29 is 0 Å². The molecule has 6 nitrogen and oxygen atoms in total. The van der Waals surface area contributed by atoms with E-state index in [4.69, 9.17) is 5.10 Å². The number of hydrogen-bond acceptors (Lipinski definition) is 5. The minimum Gasteiger partial charge on any atom is -0.367 e. The summed E-state index contributed by atoms with van der Waals surface area (Å²) in [6.07, 6.45) is 10.2. The smallest absolute Gasteiger partial charge is 0.267 e. The van der Waals surface area contributed by atoms with Crippen LogP contribution in [0.2, 0.25) is 0 Å². The lowest BCUT2D eigenvalue weighted by atomic mass is 9.91.